The Morgan fingerprint density at radius 1 is 1.31 bits per heavy atom. The molecule has 1 aromatic carbocycles. The number of nitrogens with zero attached hydrogens (tertiary/aromatic N) is 3. The summed E-state index contributed by atoms with van der Waals surface area (Å²) in [5.74, 6) is 0.381. The average Bonchev–Trinajstić information content (AvgIpc) is 3.27. The number of carbonyl (C=O) groups excluding carboxylic acids is 1. The largest absolute Gasteiger partial charge is 0.351 e. The predicted molar refractivity (Wildman–Crippen MR) is 104 cm³/mol. The van der Waals surface area contributed by atoms with Crippen LogP contribution in [0.4, 0.5) is 11.6 Å². The lowest BCUT2D eigenvalue weighted by Crippen LogP contribution is -2.46. The highest BCUT2D eigenvalue weighted by molar-refractivity contribution is 7.10. The van der Waals surface area contributed by atoms with Crippen molar-refractivity contribution >= 4 is 28.9 Å². The number of carbonyl (C=O) groups is 1. The van der Waals surface area contributed by atoms with E-state index in [1.165, 1.54) is 11.9 Å². The Kier molecular flexibility index (Phi) is 4.24. The standard InChI is InChI=1S/C19H21N5OS/c1-11-6-7-14(12(2)9-11)23-18(25)16-13(3)22-19-20-10-21-24(19)17(16)15-5-4-8-26-15/h4-10,13,16-17H,1-3H3,(H,23,25)(H,20,21,22)/t13-,16+,17-/m0/s1. The van der Waals surface area contributed by atoms with Crippen LogP contribution in [-0.4, -0.2) is 26.7 Å². The van der Waals surface area contributed by atoms with Gasteiger partial charge in [-0.3, -0.25) is 4.79 Å². The fraction of sp³-hybridized carbons (Fsp3) is 0.316. The number of aryl methyl sites for hydroxylation is 2. The van der Waals surface area contributed by atoms with Crippen LogP contribution in [0.1, 0.15) is 29.0 Å². The van der Waals surface area contributed by atoms with Crippen molar-refractivity contribution in [2.24, 2.45) is 5.92 Å². The van der Waals surface area contributed by atoms with Crippen LogP contribution in [0, 0.1) is 19.8 Å². The van der Waals surface area contributed by atoms with Crippen molar-refractivity contribution in [1.29, 1.82) is 0 Å². The first kappa shape index (κ1) is 16.8. The smallest absolute Gasteiger partial charge is 0.232 e. The van der Waals surface area contributed by atoms with Crippen LogP contribution in [0.25, 0.3) is 0 Å². The molecule has 3 aromatic rings. The summed E-state index contributed by atoms with van der Waals surface area (Å²) in [6.07, 6.45) is 1.53. The van der Waals surface area contributed by atoms with Crippen LogP contribution in [0.5, 0.6) is 0 Å². The minimum absolute atomic E-state index is 0.0171. The van der Waals surface area contributed by atoms with E-state index in [1.807, 2.05) is 49.0 Å². The van der Waals surface area contributed by atoms with Gasteiger partial charge in [0, 0.05) is 16.6 Å². The van der Waals surface area contributed by atoms with E-state index >= 15 is 0 Å². The highest BCUT2D eigenvalue weighted by atomic mass is 32.1. The fourth-order valence-corrected chi connectivity index (χ4v) is 4.43. The van der Waals surface area contributed by atoms with Crippen LogP contribution < -0.4 is 10.6 Å². The van der Waals surface area contributed by atoms with Crippen molar-refractivity contribution < 1.29 is 4.79 Å². The van der Waals surface area contributed by atoms with Crippen molar-refractivity contribution in [3.05, 3.63) is 58.0 Å². The zero-order valence-corrected chi connectivity index (χ0v) is 15.7. The summed E-state index contributed by atoms with van der Waals surface area (Å²) in [6.45, 7) is 6.08. The highest BCUT2D eigenvalue weighted by Crippen LogP contribution is 2.38. The van der Waals surface area contributed by atoms with E-state index in [2.05, 4.69) is 32.8 Å². The molecule has 0 radical (unpaired) electrons. The lowest BCUT2D eigenvalue weighted by atomic mass is 9.88. The topological polar surface area (TPSA) is 71.8 Å². The van der Waals surface area contributed by atoms with Gasteiger partial charge in [-0.2, -0.15) is 10.1 Å². The minimum Gasteiger partial charge on any atom is -0.351 e. The second kappa shape index (κ2) is 6.57. The maximum Gasteiger partial charge on any atom is 0.232 e. The molecular weight excluding hydrogens is 346 g/mol. The Bertz CT molecular complexity index is 933. The second-order valence-corrected chi connectivity index (χ2v) is 7.73. The van der Waals surface area contributed by atoms with Crippen LogP contribution in [-0.2, 0) is 4.79 Å². The molecule has 0 saturated heterocycles. The molecule has 26 heavy (non-hydrogen) atoms. The van der Waals surface area contributed by atoms with E-state index in [0.29, 0.717) is 5.95 Å². The number of hydrogen-bond donors (Lipinski definition) is 2. The molecule has 1 aliphatic rings. The monoisotopic (exact) mass is 367 g/mol. The molecule has 134 valence electrons. The number of aromatic nitrogens is 3. The van der Waals surface area contributed by atoms with Crippen molar-refractivity contribution in [3.63, 3.8) is 0 Å². The van der Waals surface area contributed by atoms with E-state index in [4.69, 9.17) is 0 Å². The van der Waals surface area contributed by atoms with Crippen molar-refractivity contribution in [3.8, 4) is 0 Å². The van der Waals surface area contributed by atoms with Crippen LogP contribution in [0.3, 0.4) is 0 Å². The van der Waals surface area contributed by atoms with Gasteiger partial charge >= 0.3 is 0 Å². The summed E-state index contributed by atoms with van der Waals surface area (Å²) in [7, 11) is 0. The summed E-state index contributed by atoms with van der Waals surface area (Å²) in [5, 5.41) is 12.8. The molecule has 3 heterocycles. The van der Waals surface area contributed by atoms with Crippen LogP contribution in [0.2, 0.25) is 0 Å². The molecule has 0 bridgehead atoms. The van der Waals surface area contributed by atoms with Gasteiger partial charge in [0.1, 0.15) is 12.4 Å². The Balaban J connectivity index is 1.70. The zero-order chi connectivity index (χ0) is 18.3. The third kappa shape index (κ3) is 2.88. The summed E-state index contributed by atoms with van der Waals surface area (Å²) >= 11 is 1.63. The van der Waals surface area contributed by atoms with Gasteiger partial charge in [0.25, 0.3) is 0 Å². The Labute approximate surface area is 156 Å². The quantitative estimate of drug-likeness (QED) is 0.742. The number of hydrogen-bond acceptors (Lipinski definition) is 5. The fourth-order valence-electron chi connectivity index (χ4n) is 3.57. The number of thiophene rings is 1. The lowest BCUT2D eigenvalue weighted by molar-refractivity contribution is -0.121. The Hall–Kier alpha value is -2.67. The molecule has 3 atom stereocenters. The van der Waals surface area contributed by atoms with Gasteiger partial charge in [0.2, 0.25) is 11.9 Å². The predicted octanol–water partition coefficient (Wildman–Crippen LogP) is 3.61. The molecule has 1 amide bonds. The minimum atomic E-state index is -0.302. The number of anilines is 2. The zero-order valence-electron chi connectivity index (χ0n) is 14.9. The number of benzene rings is 1. The van der Waals surface area contributed by atoms with Gasteiger partial charge in [-0.05, 0) is 43.8 Å². The Morgan fingerprint density at radius 2 is 2.15 bits per heavy atom. The van der Waals surface area contributed by atoms with E-state index in [-0.39, 0.29) is 23.9 Å². The molecule has 2 aromatic heterocycles. The molecule has 1 aliphatic heterocycles. The first-order valence-corrected chi connectivity index (χ1v) is 9.50. The van der Waals surface area contributed by atoms with E-state index < -0.39 is 0 Å². The van der Waals surface area contributed by atoms with Gasteiger partial charge in [0.05, 0.1) is 5.92 Å². The molecule has 2 N–H and O–H groups in total. The third-order valence-electron chi connectivity index (χ3n) is 4.85. The lowest BCUT2D eigenvalue weighted by Gasteiger charge is -2.36. The molecule has 6 nitrogen and oxygen atoms in total. The molecule has 0 fully saturated rings. The molecule has 4 rings (SSSR count). The van der Waals surface area contributed by atoms with E-state index in [1.54, 1.807) is 11.3 Å². The first-order chi connectivity index (χ1) is 12.5. The summed E-state index contributed by atoms with van der Waals surface area (Å²) in [6, 6.07) is 9.87. The molecule has 7 heteroatoms. The van der Waals surface area contributed by atoms with Gasteiger partial charge in [-0.25, -0.2) is 4.68 Å². The molecule has 0 unspecified atom stereocenters. The molecule has 0 spiro atoms. The van der Waals surface area contributed by atoms with Crippen LogP contribution >= 0.6 is 11.3 Å². The van der Waals surface area contributed by atoms with Crippen molar-refractivity contribution in [2.45, 2.75) is 32.9 Å². The number of amides is 1. The molecule has 0 saturated carbocycles. The second-order valence-electron chi connectivity index (χ2n) is 6.75. The summed E-state index contributed by atoms with van der Waals surface area (Å²) in [4.78, 5) is 18.6. The Morgan fingerprint density at radius 3 is 2.88 bits per heavy atom. The van der Waals surface area contributed by atoms with E-state index in [0.717, 1.165) is 16.1 Å². The van der Waals surface area contributed by atoms with E-state index in [9.17, 15) is 4.79 Å². The van der Waals surface area contributed by atoms with Gasteiger partial charge in [0.15, 0.2) is 0 Å². The number of fused-ring (bicyclic) bond motifs is 1. The van der Waals surface area contributed by atoms with Crippen LogP contribution in [0.15, 0.2) is 42.0 Å². The third-order valence-corrected chi connectivity index (χ3v) is 5.79. The number of nitrogens with one attached hydrogen (secondary N) is 2. The molecular formula is C19H21N5OS. The van der Waals surface area contributed by atoms with Gasteiger partial charge < -0.3 is 10.6 Å². The van der Waals surface area contributed by atoms with Crippen molar-refractivity contribution in [2.75, 3.05) is 10.6 Å². The summed E-state index contributed by atoms with van der Waals surface area (Å²) in [5.41, 5.74) is 3.09. The van der Waals surface area contributed by atoms with Gasteiger partial charge in [-0.15, -0.1) is 11.3 Å². The highest BCUT2D eigenvalue weighted by Gasteiger charge is 2.41. The maximum absolute atomic E-state index is 13.2. The SMILES string of the molecule is Cc1ccc(NC(=O)[C@@H]2[C@H](C)Nc3ncnn3[C@H]2c2cccs2)c(C)c1. The average molecular weight is 367 g/mol. The summed E-state index contributed by atoms with van der Waals surface area (Å²) < 4.78 is 1.82. The number of rotatable bonds is 3. The van der Waals surface area contributed by atoms with Gasteiger partial charge in [-0.1, -0.05) is 23.8 Å². The first-order valence-electron chi connectivity index (χ1n) is 8.62. The normalized spacial score (nSPS) is 21.7. The maximum atomic E-state index is 13.2. The van der Waals surface area contributed by atoms with Crippen molar-refractivity contribution in [1.82, 2.24) is 14.8 Å². The molecule has 0 aliphatic carbocycles.